The minimum Gasteiger partial charge on any atom is -0.355 e. The second kappa shape index (κ2) is 10.8. The van der Waals surface area contributed by atoms with Crippen molar-refractivity contribution in [2.75, 3.05) is 25.4 Å². The number of carbonyl (C=O) groups is 1. The first kappa shape index (κ1) is 22.6. The third-order valence-corrected chi connectivity index (χ3v) is 6.72. The van der Waals surface area contributed by atoms with Crippen molar-refractivity contribution < 1.29 is 9.32 Å². The van der Waals surface area contributed by atoms with E-state index in [9.17, 15) is 4.79 Å². The maximum atomic E-state index is 12.7. The standard InChI is InChI=1S/C25H30N4O2S/c1-18-5-9-20(10-6-18)24-27-23(31-28-24)17-29-14-3-4-21(16-29)25(30)26-13-15-32-22-11-7-19(2)8-12-22/h5-12,21H,3-4,13-17H2,1-2H3,(H,26,30). The van der Waals surface area contributed by atoms with E-state index in [1.54, 1.807) is 11.8 Å². The van der Waals surface area contributed by atoms with E-state index in [4.69, 9.17) is 4.52 Å². The maximum Gasteiger partial charge on any atom is 0.241 e. The lowest BCUT2D eigenvalue weighted by molar-refractivity contribution is -0.126. The van der Waals surface area contributed by atoms with Crippen LogP contribution in [0.15, 0.2) is 57.9 Å². The Morgan fingerprint density at radius 2 is 1.84 bits per heavy atom. The molecule has 6 nitrogen and oxygen atoms in total. The summed E-state index contributed by atoms with van der Waals surface area (Å²) in [5, 5.41) is 7.23. The Bertz CT molecular complexity index is 1020. The molecule has 0 bridgehead atoms. The maximum absolute atomic E-state index is 12.7. The Morgan fingerprint density at radius 3 is 2.59 bits per heavy atom. The summed E-state index contributed by atoms with van der Waals surface area (Å²) in [7, 11) is 0. The molecule has 0 aliphatic carbocycles. The van der Waals surface area contributed by atoms with E-state index in [1.807, 2.05) is 24.3 Å². The number of hydrogen-bond acceptors (Lipinski definition) is 6. The van der Waals surface area contributed by atoms with Crippen LogP contribution in [0.1, 0.15) is 29.9 Å². The smallest absolute Gasteiger partial charge is 0.241 e. The van der Waals surface area contributed by atoms with E-state index in [0.29, 0.717) is 24.8 Å². The van der Waals surface area contributed by atoms with Gasteiger partial charge in [-0.3, -0.25) is 9.69 Å². The van der Waals surface area contributed by atoms with Gasteiger partial charge in [-0.15, -0.1) is 11.8 Å². The minimum absolute atomic E-state index is 0.00705. The average molecular weight is 451 g/mol. The van der Waals surface area contributed by atoms with Crippen LogP contribution in [0.25, 0.3) is 11.4 Å². The molecule has 1 aromatic heterocycles. The van der Waals surface area contributed by atoms with Crippen LogP contribution in [0.4, 0.5) is 0 Å². The lowest BCUT2D eigenvalue weighted by Crippen LogP contribution is -2.43. The van der Waals surface area contributed by atoms with E-state index < -0.39 is 0 Å². The molecule has 1 aliphatic heterocycles. The van der Waals surface area contributed by atoms with Gasteiger partial charge >= 0.3 is 0 Å². The number of aryl methyl sites for hydroxylation is 2. The number of piperidine rings is 1. The van der Waals surface area contributed by atoms with Gasteiger partial charge in [-0.2, -0.15) is 4.98 Å². The van der Waals surface area contributed by atoms with Gasteiger partial charge in [0.05, 0.1) is 12.5 Å². The lowest BCUT2D eigenvalue weighted by Gasteiger charge is -2.30. The second-order valence-corrected chi connectivity index (χ2v) is 9.57. The SMILES string of the molecule is Cc1ccc(SCCNC(=O)C2CCCN(Cc3nc(-c4ccc(C)cc4)no3)C2)cc1. The molecule has 2 heterocycles. The summed E-state index contributed by atoms with van der Waals surface area (Å²) in [6.45, 7) is 7.05. The Kier molecular flexibility index (Phi) is 7.60. The van der Waals surface area contributed by atoms with Gasteiger partial charge in [0.1, 0.15) is 0 Å². The Labute approximate surface area is 193 Å². The van der Waals surface area contributed by atoms with Crippen LogP contribution in [0, 0.1) is 19.8 Å². The molecule has 1 aliphatic rings. The van der Waals surface area contributed by atoms with Crippen LogP contribution in [-0.2, 0) is 11.3 Å². The summed E-state index contributed by atoms with van der Waals surface area (Å²) in [5.74, 6) is 2.22. The van der Waals surface area contributed by atoms with Crippen LogP contribution in [0.5, 0.6) is 0 Å². The number of rotatable bonds is 8. The molecule has 1 amide bonds. The predicted molar refractivity (Wildman–Crippen MR) is 127 cm³/mol. The first-order valence-electron chi connectivity index (χ1n) is 11.2. The van der Waals surface area contributed by atoms with Crippen LogP contribution in [0.3, 0.4) is 0 Å². The number of hydrogen-bond donors (Lipinski definition) is 1. The zero-order valence-corrected chi connectivity index (χ0v) is 19.5. The van der Waals surface area contributed by atoms with Gasteiger partial charge in [0.25, 0.3) is 0 Å². The van der Waals surface area contributed by atoms with E-state index in [0.717, 1.165) is 37.2 Å². The van der Waals surface area contributed by atoms with Crippen LogP contribution in [-0.4, -0.2) is 46.3 Å². The van der Waals surface area contributed by atoms with Crippen molar-refractivity contribution in [2.24, 2.45) is 5.92 Å². The highest BCUT2D eigenvalue weighted by Gasteiger charge is 2.26. The predicted octanol–water partition coefficient (Wildman–Crippen LogP) is 4.47. The third kappa shape index (κ3) is 6.20. The Hall–Kier alpha value is -2.64. The quantitative estimate of drug-likeness (QED) is 0.403. The van der Waals surface area contributed by atoms with Crippen molar-refractivity contribution in [1.82, 2.24) is 20.4 Å². The van der Waals surface area contributed by atoms with Gasteiger partial charge in [0.15, 0.2) is 0 Å². The number of thioether (sulfide) groups is 1. The highest BCUT2D eigenvalue weighted by atomic mass is 32.2. The Balaban J connectivity index is 1.23. The Morgan fingerprint density at radius 1 is 1.12 bits per heavy atom. The zero-order valence-electron chi connectivity index (χ0n) is 18.7. The summed E-state index contributed by atoms with van der Waals surface area (Å²) in [4.78, 5) is 20.7. The fourth-order valence-electron chi connectivity index (χ4n) is 3.87. The van der Waals surface area contributed by atoms with Crippen molar-refractivity contribution in [1.29, 1.82) is 0 Å². The van der Waals surface area contributed by atoms with Crippen molar-refractivity contribution in [3.8, 4) is 11.4 Å². The number of likely N-dealkylation sites (tertiary alicyclic amines) is 1. The van der Waals surface area contributed by atoms with Crippen LogP contribution >= 0.6 is 11.8 Å². The van der Waals surface area contributed by atoms with Crippen molar-refractivity contribution in [2.45, 2.75) is 38.1 Å². The van der Waals surface area contributed by atoms with Gasteiger partial charge in [-0.05, 0) is 45.4 Å². The summed E-state index contributed by atoms with van der Waals surface area (Å²) in [6.07, 6.45) is 1.92. The number of benzene rings is 2. The number of aromatic nitrogens is 2. The number of nitrogens with one attached hydrogen (secondary N) is 1. The normalized spacial score (nSPS) is 16.8. The molecule has 1 atom stereocenters. The summed E-state index contributed by atoms with van der Waals surface area (Å²) < 4.78 is 5.47. The average Bonchev–Trinajstić information content (AvgIpc) is 3.27. The fraction of sp³-hybridized carbons (Fsp3) is 0.400. The number of carbonyl (C=O) groups excluding carboxylic acids is 1. The van der Waals surface area contributed by atoms with E-state index >= 15 is 0 Å². The molecule has 32 heavy (non-hydrogen) atoms. The molecule has 0 radical (unpaired) electrons. The van der Waals surface area contributed by atoms with E-state index in [1.165, 1.54) is 16.0 Å². The van der Waals surface area contributed by atoms with Gasteiger partial charge < -0.3 is 9.84 Å². The highest BCUT2D eigenvalue weighted by Crippen LogP contribution is 2.21. The van der Waals surface area contributed by atoms with Gasteiger partial charge in [-0.1, -0.05) is 52.7 Å². The van der Waals surface area contributed by atoms with Crippen LogP contribution in [0.2, 0.25) is 0 Å². The third-order valence-electron chi connectivity index (χ3n) is 5.70. The summed E-state index contributed by atoms with van der Waals surface area (Å²) in [5.41, 5.74) is 3.41. The van der Waals surface area contributed by atoms with Gasteiger partial charge in [0.2, 0.25) is 17.6 Å². The first-order chi connectivity index (χ1) is 15.6. The second-order valence-electron chi connectivity index (χ2n) is 8.40. The molecule has 0 saturated carbocycles. The van der Waals surface area contributed by atoms with E-state index in [-0.39, 0.29) is 11.8 Å². The molecule has 1 saturated heterocycles. The van der Waals surface area contributed by atoms with Crippen molar-refractivity contribution in [3.63, 3.8) is 0 Å². The number of amides is 1. The molecule has 3 aromatic rings. The molecular formula is C25H30N4O2S. The first-order valence-corrected chi connectivity index (χ1v) is 12.1. The summed E-state index contributed by atoms with van der Waals surface area (Å²) in [6, 6.07) is 16.6. The summed E-state index contributed by atoms with van der Waals surface area (Å²) >= 11 is 1.77. The van der Waals surface area contributed by atoms with Crippen molar-refractivity contribution >= 4 is 17.7 Å². The molecule has 168 valence electrons. The molecule has 4 rings (SSSR count). The molecular weight excluding hydrogens is 420 g/mol. The molecule has 2 aromatic carbocycles. The minimum atomic E-state index is 0.00705. The van der Waals surface area contributed by atoms with Gasteiger partial charge in [0, 0.05) is 29.3 Å². The zero-order chi connectivity index (χ0) is 22.3. The molecule has 0 spiro atoms. The van der Waals surface area contributed by atoms with E-state index in [2.05, 4.69) is 58.5 Å². The number of nitrogens with zero attached hydrogens (tertiary/aromatic N) is 3. The largest absolute Gasteiger partial charge is 0.355 e. The fourth-order valence-corrected chi connectivity index (χ4v) is 4.63. The molecule has 7 heteroatoms. The molecule has 1 N–H and O–H groups in total. The lowest BCUT2D eigenvalue weighted by atomic mass is 9.97. The molecule has 1 unspecified atom stereocenters. The molecule has 1 fully saturated rings. The highest BCUT2D eigenvalue weighted by molar-refractivity contribution is 7.99. The topological polar surface area (TPSA) is 71.3 Å². The van der Waals surface area contributed by atoms with Crippen molar-refractivity contribution in [3.05, 3.63) is 65.5 Å². The monoisotopic (exact) mass is 450 g/mol. The van der Waals surface area contributed by atoms with Crippen LogP contribution < -0.4 is 5.32 Å². The van der Waals surface area contributed by atoms with Gasteiger partial charge in [-0.25, -0.2) is 0 Å².